The van der Waals surface area contributed by atoms with E-state index in [0.29, 0.717) is 23.5 Å². The predicted octanol–water partition coefficient (Wildman–Crippen LogP) is 1.92. The lowest BCUT2D eigenvalue weighted by Gasteiger charge is -2.09. The predicted molar refractivity (Wildman–Crippen MR) is 82.5 cm³/mol. The van der Waals surface area contributed by atoms with Gasteiger partial charge in [-0.05, 0) is 50.1 Å². The van der Waals surface area contributed by atoms with E-state index in [-0.39, 0.29) is 34.0 Å². The van der Waals surface area contributed by atoms with E-state index in [1.807, 2.05) is 19.0 Å². The molecule has 0 aliphatic carbocycles. The fraction of sp³-hybridized carbons (Fsp3) is 0.438. The molecular weight excluding hydrogens is 266 g/mol. The lowest BCUT2D eigenvalue weighted by Crippen LogP contribution is -2.28. The van der Waals surface area contributed by atoms with Crippen LogP contribution in [0.1, 0.15) is 20.7 Å². The molecule has 112 valence electrons. The molecule has 3 rings (SSSR count). The minimum Gasteiger partial charge on any atom is -0.447 e. The summed E-state index contributed by atoms with van der Waals surface area (Å²) in [6, 6.07) is -3.86. The maximum absolute atomic E-state index is 11.7. The van der Waals surface area contributed by atoms with Gasteiger partial charge in [0.25, 0.3) is 0 Å². The normalized spacial score (nSPS) is 30.7. The summed E-state index contributed by atoms with van der Waals surface area (Å²) in [6.45, 7) is -2.37. The third-order valence-electron chi connectivity index (χ3n) is 3.08. The zero-order valence-corrected chi connectivity index (χ0v) is 11.8. The number of carbonyl (C=O) groups excluding carboxylic acids is 1. The minimum atomic E-state index is -2.88. The van der Waals surface area contributed by atoms with Gasteiger partial charge in [-0.2, -0.15) is 0 Å². The van der Waals surface area contributed by atoms with Crippen LogP contribution < -0.4 is 5.31 Å². The molecule has 0 bridgehead atoms. The summed E-state index contributed by atoms with van der Waals surface area (Å²) in [5.41, 5.74) is 0.0200. The summed E-state index contributed by atoms with van der Waals surface area (Å²) >= 11 is 0. The topological polar surface area (TPSA) is 57.4 Å². The molecule has 0 unspecified atom stereocenters. The van der Waals surface area contributed by atoms with Gasteiger partial charge in [0.05, 0.1) is 15.6 Å². The summed E-state index contributed by atoms with van der Waals surface area (Å²) in [7, 11) is 3.64. The zero-order valence-electron chi connectivity index (χ0n) is 20.8. The van der Waals surface area contributed by atoms with Crippen LogP contribution in [-0.2, 0) is 17.6 Å². The zero-order chi connectivity index (χ0) is 22.8. The van der Waals surface area contributed by atoms with Crippen LogP contribution in [0.4, 0.5) is 4.79 Å². The van der Waals surface area contributed by atoms with Crippen molar-refractivity contribution < 1.29 is 22.0 Å². The second-order valence-electron chi connectivity index (χ2n) is 5.04. The molecule has 1 amide bonds. The molecule has 21 heavy (non-hydrogen) atoms. The van der Waals surface area contributed by atoms with E-state index in [2.05, 4.69) is 4.74 Å². The molecular formula is C16H21N3O2. The van der Waals surface area contributed by atoms with Crippen LogP contribution in [-0.4, -0.2) is 49.2 Å². The number of ether oxygens (including phenoxy) is 1. The molecule has 5 heteroatoms. The molecule has 1 saturated heterocycles. The first-order valence-electron chi connectivity index (χ1n) is 10.9. The van der Waals surface area contributed by atoms with Gasteiger partial charge in [0, 0.05) is 23.6 Å². The van der Waals surface area contributed by atoms with Gasteiger partial charge in [0.1, 0.15) is 6.56 Å². The van der Waals surface area contributed by atoms with Crippen molar-refractivity contribution in [3.8, 4) is 0 Å². The smallest absolute Gasteiger partial charge is 0.407 e. The first-order chi connectivity index (χ1) is 13.7. The number of carbonyl (C=O) groups is 1. The average Bonchev–Trinajstić information content (AvgIpc) is 2.98. The number of hydrogen-bond acceptors (Lipinski definition) is 3. The number of aromatic nitrogens is 1. The van der Waals surface area contributed by atoms with Gasteiger partial charge in [-0.15, -0.1) is 0 Å². The summed E-state index contributed by atoms with van der Waals surface area (Å²) in [5.74, 6) is 0. The van der Waals surface area contributed by atoms with E-state index in [9.17, 15) is 4.79 Å². The standard InChI is InChI=1S/C16H21N3O2/c1-19(2)6-5-12-9-17-15-4-3-11(8-14(12)15)7-13-10-21-16(20)18-13/h3-4,8-9,13,17H,5-7,10H2,1-2H3,(H,18,20)/t13-/m0/s1/i3D,4D,8D,9D,10D2,13D/hD2. The van der Waals surface area contributed by atoms with E-state index in [1.165, 1.54) is 0 Å². The first kappa shape index (κ1) is 6.83. The van der Waals surface area contributed by atoms with Crippen molar-refractivity contribution >= 4 is 17.0 Å². The van der Waals surface area contributed by atoms with Crippen LogP contribution in [0.2, 0.25) is 2.82 Å². The molecule has 1 aliphatic heterocycles. The third-order valence-corrected chi connectivity index (χ3v) is 3.08. The number of nitrogens with one attached hydrogen (secondary N) is 2. The van der Waals surface area contributed by atoms with Gasteiger partial charge >= 0.3 is 6.09 Å². The first-order valence-corrected chi connectivity index (χ1v) is 6.53. The van der Waals surface area contributed by atoms with Crippen LogP contribution in [0.25, 0.3) is 10.9 Å². The summed E-state index contributed by atoms with van der Waals surface area (Å²) in [5, 5.41) is 0.136. The molecule has 5 nitrogen and oxygen atoms in total. The summed E-state index contributed by atoms with van der Waals surface area (Å²) < 4.78 is 77.8. The van der Waals surface area contributed by atoms with Crippen molar-refractivity contribution in [2.45, 2.75) is 18.9 Å². The van der Waals surface area contributed by atoms with Crippen LogP contribution in [0.5, 0.6) is 0 Å². The number of nitrogens with zero attached hydrogens (tertiary/aromatic N) is 1. The molecule has 0 radical (unpaired) electrons. The molecule has 1 fully saturated rings. The molecule has 0 saturated carbocycles. The maximum Gasteiger partial charge on any atom is 0.407 e. The largest absolute Gasteiger partial charge is 0.447 e. The van der Waals surface area contributed by atoms with Crippen LogP contribution in [0.3, 0.4) is 0 Å². The van der Waals surface area contributed by atoms with E-state index in [0.717, 1.165) is 0 Å². The molecule has 1 aromatic carbocycles. The van der Waals surface area contributed by atoms with E-state index in [4.69, 9.17) is 12.4 Å². The van der Waals surface area contributed by atoms with Gasteiger partial charge in [-0.25, -0.2) is 4.79 Å². The van der Waals surface area contributed by atoms with Crippen LogP contribution >= 0.6 is 0 Å². The lowest BCUT2D eigenvalue weighted by atomic mass is 10.0. The van der Waals surface area contributed by atoms with E-state index >= 15 is 0 Å². The van der Waals surface area contributed by atoms with Crippen molar-refractivity contribution in [1.29, 1.82) is 0 Å². The Morgan fingerprint density at radius 3 is 3.19 bits per heavy atom. The molecule has 1 aromatic heterocycles. The van der Waals surface area contributed by atoms with Gasteiger partial charge in [0.15, 0.2) is 2.82 Å². The number of rotatable bonds is 5. The van der Waals surface area contributed by atoms with Crippen molar-refractivity contribution in [2.75, 3.05) is 27.2 Å². The second-order valence-corrected chi connectivity index (χ2v) is 5.04. The quantitative estimate of drug-likeness (QED) is 0.886. The maximum atomic E-state index is 11.7. The number of aromatic amines is 1. The van der Waals surface area contributed by atoms with E-state index < -0.39 is 37.2 Å². The van der Waals surface area contributed by atoms with Crippen molar-refractivity contribution in [2.24, 2.45) is 0 Å². The highest BCUT2D eigenvalue weighted by Crippen LogP contribution is 2.21. The number of benzene rings is 1. The van der Waals surface area contributed by atoms with Gasteiger partial charge in [-0.1, -0.05) is 6.04 Å². The molecule has 2 heterocycles. The number of hydrogen-bond donors (Lipinski definition) is 2. The fourth-order valence-corrected chi connectivity index (χ4v) is 2.03. The number of amides is 1. The van der Waals surface area contributed by atoms with Crippen LogP contribution in [0.15, 0.2) is 24.3 Å². The monoisotopic (exact) mass is 296 g/mol. The summed E-state index contributed by atoms with van der Waals surface area (Å²) in [4.78, 5) is 14.2. The Bertz CT molecular complexity index is 1040. The number of alkyl carbamates (subject to hydrolysis) is 1. The highest BCUT2D eigenvalue weighted by Gasteiger charge is 2.22. The Balaban J connectivity index is 2.24. The minimum absolute atomic E-state index is 0.0260. The van der Waals surface area contributed by atoms with Gasteiger partial charge in [-0.3, -0.25) is 0 Å². The van der Waals surface area contributed by atoms with Gasteiger partial charge < -0.3 is 19.9 Å². The highest BCUT2D eigenvalue weighted by molar-refractivity contribution is 5.84. The Morgan fingerprint density at radius 2 is 2.48 bits per heavy atom. The Hall–Kier alpha value is -2.01. The van der Waals surface area contributed by atoms with Gasteiger partial charge in [0.2, 0.25) is 0 Å². The molecule has 1 aliphatic rings. The highest BCUT2D eigenvalue weighted by atomic mass is 16.6. The Morgan fingerprint density at radius 1 is 1.62 bits per heavy atom. The molecule has 2 N–H and O–H groups in total. The van der Waals surface area contributed by atoms with Crippen molar-refractivity contribution in [1.82, 2.24) is 15.2 Å². The number of fused-ring (bicyclic) bond motifs is 1. The van der Waals surface area contributed by atoms with Crippen molar-refractivity contribution in [3.05, 3.63) is 35.4 Å². The Labute approximate surface area is 137 Å². The average molecular weight is 296 g/mol. The number of cyclic esters (lactones) is 1. The SMILES string of the molecule is [2H]c1c(C[C@]2([2H])N([2H])C(=O)OC2([2H])[2H])c([2H])c2c(CCN(C)C)c([2H])n([2H])c2c1[2H]. The van der Waals surface area contributed by atoms with Crippen LogP contribution in [0, 0.1) is 0 Å². The fourth-order valence-electron chi connectivity index (χ4n) is 2.03. The molecule has 1 atom stereocenters. The molecule has 2 aromatic rings. The lowest BCUT2D eigenvalue weighted by molar-refractivity contribution is 0.177. The van der Waals surface area contributed by atoms with Crippen molar-refractivity contribution in [3.63, 3.8) is 0 Å². The second kappa shape index (κ2) is 5.77. The third kappa shape index (κ3) is 3.19. The number of H-pyrrole nitrogens is 1. The summed E-state index contributed by atoms with van der Waals surface area (Å²) in [6.07, 6.45) is -2.02. The Kier molecular flexibility index (Phi) is 1.88. The van der Waals surface area contributed by atoms with E-state index in [1.54, 1.807) is 0 Å². The number of likely N-dealkylation sites (N-methyl/N-ethyl adjacent to an activating group) is 1. The molecule has 0 spiro atoms.